The molecule has 0 bridgehead atoms. The second-order valence-corrected chi connectivity index (χ2v) is 6.31. The molecule has 20 heavy (non-hydrogen) atoms. The highest BCUT2D eigenvalue weighted by Gasteiger charge is 2.37. The number of hydrogen-bond donors (Lipinski definition) is 2. The summed E-state index contributed by atoms with van der Waals surface area (Å²) >= 11 is 0. The average molecular weight is 277 g/mol. The van der Waals surface area contributed by atoms with Gasteiger partial charge < -0.3 is 15.1 Å². The summed E-state index contributed by atoms with van der Waals surface area (Å²) in [6.45, 7) is 4.81. The van der Waals surface area contributed by atoms with Gasteiger partial charge in [-0.05, 0) is 51.5 Å². The third-order valence-electron chi connectivity index (χ3n) is 4.66. The SMILES string of the molecule is Cc1nc(N2CC[C@@](C)(O)[C@H](O)C2)nc2c1CCCC2. The fraction of sp³-hybridized carbons (Fsp3) is 0.733. The summed E-state index contributed by atoms with van der Waals surface area (Å²) in [5.74, 6) is 0.706. The normalized spacial score (nSPS) is 30.2. The zero-order valence-corrected chi connectivity index (χ0v) is 12.3. The molecule has 2 N–H and O–H groups in total. The van der Waals surface area contributed by atoms with Crippen LogP contribution >= 0.6 is 0 Å². The molecule has 1 aliphatic heterocycles. The molecule has 5 nitrogen and oxygen atoms in total. The van der Waals surface area contributed by atoms with E-state index in [1.165, 1.54) is 24.1 Å². The van der Waals surface area contributed by atoms with E-state index in [2.05, 4.69) is 4.98 Å². The molecule has 2 aliphatic rings. The van der Waals surface area contributed by atoms with E-state index in [1.807, 2.05) is 11.8 Å². The van der Waals surface area contributed by atoms with Gasteiger partial charge in [0.1, 0.15) is 0 Å². The molecule has 3 rings (SSSR count). The largest absolute Gasteiger partial charge is 0.388 e. The number of aryl methyl sites for hydroxylation is 2. The van der Waals surface area contributed by atoms with Gasteiger partial charge in [-0.25, -0.2) is 9.97 Å². The predicted molar refractivity (Wildman–Crippen MR) is 76.9 cm³/mol. The Hall–Kier alpha value is -1.20. The Bertz CT molecular complexity index is 516. The van der Waals surface area contributed by atoms with Crippen molar-refractivity contribution in [3.05, 3.63) is 17.0 Å². The van der Waals surface area contributed by atoms with Crippen LogP contribution in [0.2, 0.25) is 0 Å². The van der Waals surface area contributed by atoms with Crippen molar-refractivity contribution in [2.75, 3.05) is 18.0 Å². The molecule has 0 amide bonds. The number of aliphatic hydroxyl groups is 2. The van der Waals surface area contributed by atoms with E-state index in [0.29, 0.717) is 25.5 Å². The lowest BCUT2D eigenvalue weighted by atomic mass is 9.91. The van der Waals surface area contributed by atoms with Crippen LogP contribution in [0.1, 0.15) is 43.1 Å². The van der Waals surface area contributed by atoms with Crippen molar-refractivity contribution >= 4 is 5.95 Å². The molecule has 1 fully saturated rings. The van der Waals surface area contributed by atoms with E-state index in [9.17, 15) is 10.2 Å². The van der Waals surface area contributed by atoms with Crippen LogP contribution in [0.5, 0.6) is 0 Å². The first-order chi connectivity index (χ1) is 9.47. The van der Waals surface area contributed by atoms with Gasteiger partial charge in [0.05, 0.1) is 11.7 Å². The molecule has 1 aromatic rings. The number of nitrogens with zero attached hydrogens (tertiary/aromatic N) is 3. The number of piperidine rings is 1. The lowest BCUT2D eigenvalue weighted by Crippen LogP contribution is -2.54. The maximum atomic E-state index is 10.0. The summed E-state index contributed by atoms with van der Waals surface area (Å²) in [6, 6.07) is 0. The smallest absolute Gasteiger partial charge is 0.225 e. The Balaban J connectivity index is 1.86. The van der Waals surface area contributed by atoms with E-state index in [1.54, 1.807) is 6.92 Å². The minimum atomic E-state index is -1.00. The highest BCUT2D eigenvalue weighted by Crippen LogP contribution is 2.27. The van der Waals surface area contributed by atoms with Crippen molar-refractivity contribution in [3.8, 4) is 0 Å². The van der Waals surface area contributed by atoms with E-state index < -0.39 is 11.7 Å². The quantitative estimate of drug-likeness (QED) is 0.801. The summed E-state index contributed by atoms with van der Waals surface area (Å²) in [4.78, 5) is 11.3. The van der Waals surface area contributed by atoms with Crippen molar-refractivity contribution in [1.82, 2.24) is 9.97 Å². The summed E-state index contributed by atoms with van der Waals surface area (Å²) in [5, 5.41) is 20.1. The van der Waals surface area contributed by atoms with Crippen molar-refractivity contribution in [3.63, 3.8) is 0 Å². The number of aromatic nitrogens is 2. The van der Waals surface area contributed by atoms with Crippen LogP contribution in [-0.4, -0.2) is 45.0 Å². The van der Waals surface area contributed by atoms with E-state index in [0.717, 1.165) is 18.5 Å². The van der Waals surface area contributed by atoms with E-state index in [-0.39, 0.29) is 0 Å². The molecule has 0 saturated carbocycles. The molecule has 2 heterocycles. The molecular formula is C15H23N3O2. The van der Waals surface area contributed by atoms with Crippen molar-refractivity contribution in [1.29, 1.82) is 0 Å². The first kappa shape index (κ1) is 13.8. The van der Waals surface area contributed by atoms with Crippen LogP contribution in [0.4, 0.5) is 5.95 Å². The maximum Gasteiger partial charge on any atom is 0.225 e. The van der Waals surface area contributed by atoms with Gasteiger partial charge in [-0.2, -0.15) is 0 Å². The molecule has 0 unspecified atom stereocenters. The summed E-state index contributed by atoms with van der Waals surface area (Å²) < 4.78 is 0. The van der Waals surface area contributed by atoms with Crippen molar-refractivity contribution in [2.24, 2.45) is 0 Å². The molecule has 110 valence electrons. The van der Waals surface area contributed by atoms with Gasteiger partial charge in [-0.1, -0.05) is 0 Å². The van der Waals surface area contributed by atoms with E-state index in [4.69, 9.17) is 4.98 Å². The fourth-order valence-corrected chi connectivity index (χ4v) is 3.11. The highest BCUT2D eigenvalue weighted by molar-refractivity contribution is 5.39. The Kier molecular flexibility index (Phi) is 3.42. The highest BCUT2D eigenvalue weighted by atomic mass is 16.3. The van der Waals surface area contributed by atoms with Gasteiger partial charge in [-0.3, -0.25) is 0 Å². The Labute approximate surface area is 119 Å². The minimum absolute atomic E-state index is 0.394. The van der Waals surface area contributed by atoms with E-state index >= 15 is 0 Å². The number of anilines is 1. The molecular weight excluding hydrogens is 254 g/mol. The molecule has 0 aromatic carbocycles. The number of rotatable bonds is 1. The number of fused-ring (bicyclic) bond motifs is 1. The Morgan fingerprint density at radius 2 is 2.00 bits per heavy atom. The summed E-state index contributed by atoms with van der Waals surface area (Å²) in [5.41, 5.74) is 2.55. The minimum Gasteiger partial charge on any atom is -0.388 e. The van der Waals surface area contributed by atoms with Gasteiger partial charge in [0.15, 0.2) is 0 Å². The zero-order valence-electron chi connectivity index (χ0n) is 12.3. The number of aliphatic hydroxyl groups excluding tert-OH is 1. The number of hydrogen-bond acceptors (Lipinski definition) is 5. The fourth-order valence-electron chi connectivity index (χ4n) is 3.11. The second-order valence-electron chi connectivity index (χ2n) is 6.31. The molecule has 1 aliphatic carbocycles. The van der Waals surface area contributed by atoms with Crippen molar-refractivity contribution in [2.45, 2.75) is 57.7 Å². The first-order valence-corrected chi connectivity index (χ1v) is 7.49. The van der Waals surface area contributed by atoms with Gasteiger partial charge in [0.25, 0.3) is 0 Å². The topological polar surface area (TPSA) is 69.5 Å². The van der Waals surface area contributed by atoms with Gasteiger partial charge in [0, 0.05) is 24.5 Å². The van der Waals surface area contributed by atoms with Crippen LogP contribution in [-0.2, 0) is 12.8 Å². The number of β-amino-alcohol motifs (C(OH)–C–C–N with tert-alkyl or cyclic N) is 1. The molecule has 1 aromatic heterocycles. The Morgan fingerprint density at radius 1 is 1.25 bits per heavy atom. The summed E-state index contributed by atoms with van der Waals surface area (Å²) in [6.07, 6.45) is 4.31. The summed E-state index contributed by atoms with van der Waals surface area (Å²) in [7, 11) is 0. The zero-order chi connectivity index (χ0) is 14.3. The third-order valence-corrected chi connectivity index (χ3v) is 4.66. The van der Waals surface area contributed by atoms with Crippen LogP contribution in [0.25, 0.3) is 0 Å². The lowest BCUT2D eigenvalue weighted by Gasteiger charge is -2.40. The van der Waals surface area contributed by atoms with Gasteiger partial charge >= 0.3 is 0 Å². The molecule has 5 heteroatoms. The van der Waals surface area contributed by atoms with Crippen molar-refractivity contribution < 1.29 is 10.2 Å². The molecule has 0 spiro atoms. The van der Waals surface area contributed by atoms with Crippen LogP contribution in [0.3, 0.4) is 0 Å². The molecule has 1 saturated heterocycles. The first-order valence-electron chi connectivity index (χ1n) is 7.49. The third kappa shape index (κ3) is 2.40. The standard InChI is InChI=1S/C15H23N3O2/c1-10-11-5-3-4-6-12(11)17-14(16-10)18-8-7-15(2,20)13(19)9-18/h13,19-20H,3-9H2,1-2H3/t13-,15-/m1/s1. The van der Waals surface area contributed by atoms with Crippen LogP contribution < -0.4 is 4.90 Å². The second kappa shape index (κ2) is 4.97. The monoisotopic (exact) mass is 277 g/mol. The maximum absolute atomic E-state index is 10.0. The predicted octanol–water partition coefficient (Wildman–Crippen LogP) is 0.986. The molecule has 2 atom stereocenters. The van der Waals surface area contributed by atoms with Crippen LogP contribution in [0, 0.1) is 6.92 Å². The lowest BCUT2D eigenvalue weighted by molar-refractivity contribution is -0.0724. The van der Waals surface area contributed by atoms with Gasteiger partial charge in [0.2, 0.25) is 5.95 Å². The van der Waals surface area contributed by atoms with Crippen LogP contribution in [0.15, 0.2) is 0 Å². The average Bonchev–Trinajstić information content (AvgIpc) is 2.42. The molecule has 0 radical (unpaired) electrons. The van der Waals surface area contributed by atoms with Gasteiger partial charge in [-0.15, -0.1) is 0 Å². The Morgan fingerprint density at radius 3 is 2.75 bits per heavy atom.